The highest BCUT2D eigenvalue weighted by atomic mass is 19.1. The van der Waals surface area contributed by atoms with Crippen molar-refractivity contribution in [3.8, 4) is 5.75 Å². The molecule has 0 fully saturated rings. The second-order valence-corrected chi connectivity index (χ2v) is 6.36. The number of nitrogens with one attached hydrogen (secondary N) is 2. The lowest BCUT2D eigenvalue weighted by atomic mass is 10.0. The zero-order valence-electron chi connectivity index (χ0n) is 15.1. The van der Waals surface area contributed by atoms with E-state index < -0.39 is 6.04 Å². The minimum atomic E-state index is -0.621. The van der Waals surface area contributed by atoms with Crippen LogP contribution >= 0.6 is 0 Å². The molecular formula is C20H23FN2O3. The molecule has 0 heterocycles. The molecule has 5 nitrogen and oxygen atoms in total. The first-order chi connectivity index (χ1) is 12.3. The Balaban J connectivity index is 2.01. The molecule has 2 amide bonds. The summed E-state index contributed by atoms with van der Waals surface area (Å²) in [6.45, 7) is 5.32. The van der Waals surface area contributed by atoms with Crippen molar-refractivity contribution in [3.05, 3.63) is 59.9 Å². The van der Waals surface area contributed by atoms with Crippen molar-refractivity contribution < 1.29 is 18.7 Å². The number of halogens is 1. The quantitative estimate of drug-likeness (QED) is 0.796. The monoisotopic (exact) mass is 358 g/mol. The lowest BCUT2D eigenvalue weighted by molar-refractivity contribution is -0.126. The molecule has 0 saturated carbocycles. The number of carbonyl (C=O) groups excluding carboxylic acids is 2. The molecule has 0 aliphatic carbocycles. The van der Waals surface area contributed by atoms with Gasteiger partial charge in [-0.15, -0.1) is 0 Å². The third-order valence-electron chi connectivity index (χ3n) is 3.70. The minimum absolute atomic E-state index is 0.0497. The van der Waals surface area contributed by atoms with Crippen LogP contribution < -0.4 is 15.4 Å². The van der Waals surface area contributed by atoms with Crippen LogP contribution in [0.3, 0.4) is 0 Å². The first-order valence-electron chi connectivity index (χ1n) is 8.40. The van der Waals surface area contributed by atoms with Crippen LogP contribution in [0.5, 0.6) is 5.75 Å². The number of anilines is 1. The topological polar surface area (TPSA) is 67.4 Å². The third kappa shape index (κ3) is 5.88. The van der Waals surface area contributed by atoms with Crippen LogP contribution in [-0.4, -0.2) is 17.9 Å². The summed E-state index contributed by atoms with van der Waals surface area (Å²) in [6, 6.07) is 12.5. The first-order valence-corrected chi connectivity index (χ1v) is 8.40. The third-order valence-corrected chi connectivity index (χ3v) is 3.70. The summed E-state index contributed by atoms with van der Waals surface area (Å²) in [5.41, 5.74) is 1.27. The predicted molar refractivity (Wildman–Crippen MR) is 98.2 cm³/mol. The molecule has 0 aliphatic rings. The van der Waals surface area contributed by atoms with E-state index in [1.165, 1.54) is 19.1 Å². The molecule has 2 aromatic carbocycles. The van der Waals surface area contributed by atoms with Crippen LogP contribution in [0, 0.1) is 11.7 Å². The van der Waals surface area contributed by atoms with Crippen molar-refractivity contribution in [3.63, 3.8) is 0 Å². The molecule has 0 saturated heterocycles. The van der Waals surface area contributed by atoms with Gasteiger partial charge in [0.2, 0.25) is 11.8 Å². The van der Waals surface area contributed by atoms with Crippen LogP contribution in [0.1, 0.15) is 26.3 Å². The fraction of sp³-hybridized carbons (Fsp3) is 0.300. The van der Waals surface area contributed by atoms with Crippen LogP contribution in [0.15, 0.2) is 48.5 Å². The molecule has 0 radical (unpaired) electrons. The molecule has 0 aliphatic heterocycles. The molecule has 26 heavy (non-hydrogen) atoms. The van der Waals surface area contributed by atoms with Gasteiger partial charge in [0.1, 0.15) is 24.2 Å². The van der Waals surface area contributed by atoms with Gasteiger partial charge in [-0.25, -0.2) is 4.39 Å². The van der Waals surface area contributed by atoms with Crippen molar-refractivity contribution in [2.24, 2.45) is 5.92 Å². The van der Waals surface area contributed by atoms with Gasteiger partial charge in [-0.05, 0) is 35.7 Å². The Morgan fingerprint density at radius 3 is 2.50 bits per heavy atom. The summed E-state index contributed by atoms with van der Waals surface area (Å²) in [5, 5.41) is 5.43. The Bertz CT molecular complexity index is 777. The Hall–Kier alpha value is -2.89. The van der Waals surface area contributed by atoms with Gasteiger partial charge in [0.25, 0.3) is 0 Å². The lowest BCUT2D eigenvalue weighted by Crippen LogP contribution is -2.46. The van der Waals surface area contributed by atoms with Crippen LogP contribution in [0.4, 0.5) is 10.1 Å². The van der Waals surface area contributed by atoms with Crippen LogP contribution in [0.25, 0.3) is 0 Å². The van der Waals surface area contributed by atoms with Gasteiger partial charge in [-0.3, -0.25) is 9.59 Å². The van der Waals surface area contributed by atoms with Gasteiger partial charge in [-0.1, -0.05) is 32.0 Å². The fourth-order valence-corrected chi connectivity index (χ4v) is 2.43. The van der Waals surface area contributed by atoms with E-state index in [9.17, 15) is 14.0 Å². The summed E-state index contributed by atoms with van der Waals surface area (Å²) < 4.78 is 18.9. The summed E-state index contributed by atoms with van der Waals surface area (Å²) in [7, 11) is 0. The Kier molecular flexibility index (Phi) is 6.72. The number of carbonyl (C=O) groups is 2. The Morgan fingerprint density at radius 2 is 1.85 bits per heavy atom. The maximum atomic E-state index is 13.2. The summed E-state index contributed by atoms with van der Waals surface area (Å²) in [5.74, 6) is -0.368. The largest absolute Gasteiger partial charge is 0.489 e. The lowest BCUT2D eigenvalue weighted by Gasteiger charge is -2.21. The van der Waals surface area contributed by atoms with Crippen molar-refractivity contribution in [1.29, 1.82) is 0 Å². The molecule has 2 rings (SSSR count). The average Bonchev–Trinajstić information content (AvgIpc) is 2.58. The number of hydrogen-bond acceptors (Lipinski definition) is 3. The van der Waals surface area contributed by atoms with E-state index in [0.29, 0.717) is 17.0 Å². The normalized spacial score (nSPS) is 11.7. The molecule has 1 atom stereocenters. The number of benzene rings is 2. The second-order valence-electron chi connectivity index (χ2n) is 6.36. The van der Waals surface area contributed by atoms with E-state index in [0.717, 1.165) is 0 Å². The molecule has 0 aromatic heterocycles. The van der Waals surface area contributed by atoms with E-state index >= 15 is 0 Å². The van der Waals surface area contributed by atoms with Gasteiger partial charge in [-0.2, -0.15) is 0 Å². The van der Waals surface area contributed by atoms with E-state index in [2.05, 4.69) is 10.6 Å². The Morgan fingerprint density at radius 1 is 1.12 bits per heavy atom. The highest BCUT2D eigenvalue weighted by Gasteiger charge is 2.23. The average molecular weight is 358 g/mol. The van der Waals surface area contributed by atoms with Crippen molar-refractivity contribution in [1.82, 2.24) is 5.32 Å². The number of rotatable bonds is 7. The molecule has 0 bridgehead atoms. The maximum Gasteiger partial charge on any atom is 0.247 e. The number of ether oxygens (including phenoxy) is 1. The highest BCUT2D eigenvalue weighted by molar-refractivity contribution is 5.97. The number of amides is 2. The van der Waals surface area contributed by atoms with Crippen molar-refractivity contribution in [2.45, 2.75) is 33.4 Å². The Labute approximate surface area is 152 Å². The first kappa shape index (κ1) is 19.4. The molecule has 138 valence electrons. The summed E-state index contributed by atoms with van der Waals surface area (Å²) >= 11 is 0. The van der Waals surface area contributed by atoms with E-state index in [1.807, 2.05) is 13.8 Å². The molecule has 2 aromatic rings. The van der Waals surface area contributed by atoms with Gasteiger partial charge in [0.15, 0.2) is 0 Å². The molecule has 2 N–H and O–H groups in total. The van der Waals surface area contributed by atoms with Crippen molar-refractivity contribution in [2.75, 3.05) is 5.32 Å². The van der Waals surface area contributed by atoms with Gasteiger partial charge in [0, 0.05) is 18.7 Å². The molecular weight excluding hydrogens is 335 g/mol. The molecule has 6 heteroatoms. The SMILES string of the molecule is CC(=O)NC(C(=O)Nc1cccc(OCc2cccc(F)c2)c1)C(C)C. The zero-order chi connectivity index (χ0) is 19.1. The fourth-order valence-electron chi connectivity index (χ4n) is 2.43. The highest BCUT2D eigenvalue weighted by Crippen LogP contribution is 2.19. The van der Waals surface area contributed by atoms with E-state index in [4.69, 9.17) is 4.74 Å². The van der Waals surface area contributed by atoms with Crippen LogP contribution in [-0.2, 0) is 16.2 Å². The minimum Gasteiger partial charge on any atom is -0.489 e. The van der Waals surface area contributed by atoms with E-state index in [1.54, 1.807) is 36.4 Å². The van der Waals surface area contributed by atoms with E-state index in [-0.39, 0.29) is 30.2 Å². The van der Waals surface area contributed by atoms with Gasteiger partial charge >= 0.3 is 0 Å². The second kappa shape index (κ2) is 8.99. The molecule has 1 unspecified atom stereocenters. The predicted octanol–water partition coefficient (Wildman–Crippen LogP) is 3.50. The van der Waals surface area contributed by atoms with Crippen molar-refractivity contribution >= 4 is 17.5 Å². The number of hydrogen-bond donors (Lipinski definition) is 2. The summed E-state index contributed by atoms with van der Waals surface area (Å²) in [6.07, 6.45) is 0. The zero-order valence-corrected chi connectivity index (χ0v) is 15.1. The van der Waals surface area contributed by atoms with Gasteiger partial charge < -0.3 is 15.4 Å². The summed E-state index contributed by atoms with van der Waals surface area (Å²) in [4.78, 5) is 23.7. The molecule has 0 spiro atoms. The standard InChI is InChI=1S/C20H23FN2O3/c1-13(2)19(22-14(3)24)20(25)23-17-8-5-9-18(11-17)26-12-15-6-4-7-16(21)10-15/h4-11,13,19H,12H2,1-3H3,(H,22,24)(H,23,25). The van der Waals surface area contributed by atoms with Gasteiger partial charge in [0.05, 0.1) is 0 Å². The van der Waals surface area contributed by atoms with Crippen LogP contribution in [0.2, 0.25) is 0 Å². The maximum absolute atomic E-state index is 13.2. The smallest absolute Gasteiger partial charge is 0.247 e.